The molecule has 0 aliphatic heterocycles. The molecule has 2 N–H and O–H groups in total. The average molecular weight is 527 g/mol. The Morgan fingerprint density at radius 2 is 1.76 bits per heavy atom. The van der Waals surface area contributed by atoms with E-state index in [-0.39, 0.29) is 6.47 Å². The van der Waals surface area contributed by atoms with Crippen molar-refractivity contribution in [2.45, 2.75) is 64.9 Å². The van der Waals surface area contributed by atoms with E-state index in [4.69, 9.17) is 35.5 Å². The van der Waals surface area contributed by atoms with Crippen LogP contribution in [0, 0.1) is 6.92 Å². The summed E-state index contributed by atoms with van der Waals surface area (Å²) in [4.78, 5) is 8.36. The number of nitrogens with zero attached hydrogens (tertiary/aromatic N) is 1. The standard InChI is InChI=1S/C22H28N2O3.C6H5Cl.CH2O2/c1-3-25-22(17-9-10-17)23-20-15(2)24-27-21(20)16-11-13-19(14-12-16)26-18-7-5-4-6-8-18;7-6-4-2-1-3-5-6;2-1-3/h11-14,18,23H,3-10H2,1-2H3;1-5H;1H,(H,2,3). The molecule has 5 rings (SSSR count). The molecule has 2 fully saturated rings. The minimum atomic E-state index is -0.250. The smallest absolute Gasteiger partial charge is 0.290 e. The highest BCUT2D eigenvalue weighted by Crippen LogP contribution is 2.37. The molecule has 37 heavy (non-hydrogen) atoms. The largest absolute Gasteiger partial charge is 0.490 e. The molecule has 0 bridgehead atoms. The van der Waals surface area contributed by atoms with Crippen LogP contribution in [0.3, 0.4) is 0 Å². The van der Waals surface area contributed by atoms with E-state index < -0.39 is 0 Å². The van der Waals surface area contributed by atoms with Crippen molar-refractivity contribution in [2.24, 2.45) is 0 Å². The molecule has 0 amide bonds. The number of allylic oxidation sites excluding steroid dienone is 1. The van der Waals surface area contributed by atoms with Gasteiger partial charge in [0, 0.05) is 10.6 Å². The molecule has 0 spiro atoms. The van der Waals surface area contributed by atoms with Gasteiger partial charge in [0.05, 0.1) is 12.7 Å². The van der Waals surface area contributed by atoms with Crippen molar-refractivity contribution < 1.29 is 23.9 Å². The number of hydrogen-bond acceptors (Lipinski definition) is 6. The summed E-state index contributed by atoms with van der Waals surface area (Å²) < 4.78 is 17.5. The third-order valence-corrected chi connectivity index (χ3v) is 6.17. The van der Waals surface area contributed by atoms with Gasteiger partial charge in [-0.15, -0.1) is 0 Å². The van der Waals surface area contributed by atoms with E-state index in [0.29, 0.717) is 12.7 Å². The van der Waals surface area contributed by atoms with Crippen molar-refractivity contribution >= 4 is 23.8 Å². The van der Waals surface area contributed by atoms with Crippen LogP contribution in [0.25, 0.3) is 11.3 Å². The highest BCUT2D eigenvalue weighted by Gasteiger charge is 2.23. The summed E-state index contributed by atoms with van der Waals surface area (Å²) in [6, 6.07) is 17.6. The van der Waals surface area contributed by atoms with Gasteiger partial charge in [0.25, 0.3) is 6.47 Å². The van der Waals surface area contributed by atoms with Gasteiger partial charge in [-0.05, 0) is 94.3 Å². The molecule has 0 unspecified atom stereocenters. The lowest BCUT2D eigenvalue weighted by Gasteiger charge is -2.23. The van der Waals surface area contributed by atoms with Gasteiger partial charge in [0.1, 0.15) is 17.1 Å². The summed E-state index contributed by atoms with van der Waals surface area (Å²) >= 11 is 5.54. The maximum absolute atomic E-state index is 8.36. The maximum Gasteiger partial charge on any atom is 0.290 e. The van der Waals surface area contributed by atoms with Crippen molar-refractivity contribution in [3.63, 3.8) is 0 Å². The van der Waals surface area contributed by atoms with Gasteiger partial charge in [0.2, 0.25) is 0 Å². The minimum absolute atomic E-state index is 0.250. The van der Waals surface area contributed by atoms with Crippen LogP contribution in [-0.2, 0) is 9.53 Å². The molecule has 2 aliphatic rings. The van der Waals surface area contributed by atoms with Crippen LogP contribution < -0.4 is 10.1 Å². The van der Waals surface area contributed by atoms with E-state index in [1.165, 1.54) is 24.8 Å². The number of aryl methyl sites for hydroxylation is 1. The number of halogens is 1. The summed E-state index contributed by atoms with van der Waals surface area (Å²) in [5, 5.41) is 15.2. The zero-order valence-corrected chi connectivity index (χ0v) is 22.2. The van der Waals surface area contributed by atoms with Crippen molar-refractivity contribution in [1.29, 1.82) is 0 Å². The zero-order valence-electron chi connectivity index (χ0n) is 21.4. The quantitative estimate of drug-likeness (QED) is 0.239. The number of hydrogen-bond donors (Lipinski definition) is 2. The fourth-order valence-electron chi connectivity index (χ4n) is 3.96. The molecule has 0 radical (unpaired) electrons. The molecule has 1 heterocycles. The minimum Gasteiger partial charge on any atom is -0.490 e. The molecule has 2 aliphatic carbocycles. The third-order valence-electron chi connectivity index (χ3n) is 5.92. The summed E-state index contributed by atoms with van der Waals surface area (Å²) in [6.45, 7) is 4.33. The molecule has 2 aromatic carbocycles. The van der Waals surface area contributed by atoms with Crippen LogP contribution in [0.15, 0.2) is 70.6 Å². The normalized spacial score (nSPS) is 14.3. The number of ether oxygens (including phenoxy) is 2. The first kappa shape index (κ1) is 28.1. The fourth-order valence-corrected chi connectivity index (χ4v) is 4.11. The predicted molar refractivity (Wildman–Crippen MR) is 146 cm³/mol. The molecule has 7 nitrogen and oxygen atoms in total. The Morgan fingerprint density at radius 3 is 2.30 bits per heavy atom. The van der Waals surface area contributed by atoms with Crippen molar-refractivity contribution in [3.8, 4) is 17.1 Å². The van der Waals surface area contributed by atoms with Gasteiger partial charge < -0.3 is 24.4 Å². The lowest BCUT2D eigenvalue weighted by molar-refractivity contribution is -0.122. The first-order valence-corrected chi connectivity index (χ1v) is 13.1. The Morgan fingerprint density at radius 1 is 1.11 bits per heavy atom. The molecule has 8 heteroatoms. The fraction of sp³-hybridized carbons (Fsp3) is 0.379. The number of carbonyl (C=O) groups is 1. The predicted octanol–water partition coefficient (Wildman–Crippen LogP) is 7.86. The number of nitrogens with one attached hydrogen (secondary N) is 1. The second-order valence-electron chi connectivity index (χ2n) is 8.77. The van der Waals surface area contributed by atoms with Crippen LogP contribution in [0.2, 0.25) is 5.02 Å². The number of rotatable bonds is 7. The highest BCUT2D eigenvalue weighted by molar-refractivity contribution is 6.30. The lowest BCUT2D eigenvalue weighted by Crippen LogP contribution is -2.19. The summed E-state index contributed by atoms with van der Waals surface area (Å²) in [7, 11) is 0. The Labute approximate surface area is 223 Å². The Bertz CT molecular complexity index is 1120. The molecule has 2 saturated carbocycles. The summed E-state index contributed by atoms with van der Waals surface area (Å²) in [6.07, 6.45) is 8.73. The Hall–Kier alpha value is -3.45. The first-order chi connectivity index (χ1) is 18.0. The van der Waals surface area contributed by atoms with Crippen LogP contribution in [0.4, 0.5) is 5.69 Å². The van der Waals surface area contributed by atoms with Gasteiger partial charge in [-0.1, -0.05) is 41.4 Å². The van der Waals surface area contributed by atoms with E-state index >= 15 is 0 Å². The monoisotopic (exact) mass is 526 g/mol. The molecule has 0 atom stereocenters. The zero-order chi connectivity index (χ0) is 26.5. The van der Waals surface area contributed by atoms with Gasteiger partial charge in [0.15, 0.2) is 11.6 Å². The molecule has 0 saturated heterocycles. The van der Waals surface area contributed by atoms with Crippen molar-refractivity contribution in [3.05, 3.63) is 76.8 Å². The number of benzene rings is 2. The molecule has 3 aromatic rings. The number of anilines is 1. The Kier molecular flexibility index (Phi) is 11.4. The number of aromatic nitrogens is 1. The van der Waals surface area contributed by atoms with E-state index in [2.05, 4.69) is 10.5 Å². The van der Waals surface area contributed by atoms with Gasteiger partial charge in [-0.25, -0.2) is 0 Å². The van der Waals surface area contributed by atoms with Gasteiger partial charge in [-0.3, -0.25) is 4.79 Å². The SMILES string of the molecule is CCOC(Nc1c(C)noc1-c1ccc(OC2CCCCC2)cc1)=C1CC1.Clc1ccccc1.O=CO. The summed E-state index contributed by atoms with van der Waals surface area (Å²) in [5.74, 6) is 2.50. The second kappa shape index (κ2) is 15.0. The molecule has 1 aromatic heterocycles. The maximum atomic E-state index is 8.36. The average Bonchev–Trinajstić information content (AvgIpc) is 3.70. The van der Waals surface area contributed by atoms with Crippen LogP contribution in [-0.4, -0.2) is 29.4 Å². The van der Waals surface area contributed by atoms with Crippen LogP contribution >= 0.6 is 11.6 Å². The molecular formula is C29H35ClN2O5. The molecule has 198 valence electrons. The first-order valence-electron chi connectivity index (χ1n) is 12.7. The second-order valence-corrected chi connectivity index (χ2v) is 9.20. The molecular weight excluding hydrogens is 492 g/mol. The van der Waals surface area contributed by atoms with Crippen LogP contribution in [0.5, 0.6) is 5.75 Å². The van der Waals surface area contributed by atoms with E-state index in [1.54, 1.807) is 0 Å². The van der Waals surface area contributed by atoms with Gasteiger partial charge >= 0.3 is 0 Å². The van der Waals surface area contributed by atoms with E-state index in [0.717, 1.165) is 65.0 Å². The topological polar surface area (TPSA) is 93.8 Å². The highest BCUT2D eigenvalue weighted by atomic mass is 35.5. The third kappa shape index (κ3) is 9.17. The van der Waals surface area contributed by atoms with Gasteiger partial charge in [-0.2, -0.15) is 0 Å². The Balaban J connectivity index is 0.000000321. The summed E-state index contributed by atoms with van der Waals surface area (Å²) in [5.41, 5.74) is 4.00. The van der Waals surface area contributed by atoms with Crippen LogP contribution in [0.1, 0.15) is 57.6 Å². The van der Waals surface area contributed by atoms with E-state index in [9.17, 15) is 0 Å². The van der Waals surface area contributed by atoms with Crippen molar-refractivity contribution in [2.75, 3.05) is 11.9 Å². The van der Waals surface area contributed by atoms with E-state index in [1.807, 2.05) is 68.4 Å². The lowest BCUT2D eigenvalue weighted by atomic mass is 9.98. The number of carboxylic acid groups (broad SMARTS) is 1. The van der Waals surface area contributed by atoms with Crippen molar-refractivity contribution in [1.82, 2.24) is 5.16 Å².